The van der Waals surface area contributed by atoms with Crippen LogP contribution in [0.4, 0.5) is 5.69 Å². The first-order valence-corrected chi connectivity index (χ1v) is 6.29. The van der Waals surface area contributed by atoms with Crippen molar-refractivity contribution in [3.63, 3.8) is 0 Å². The second-order valence-corrected chi connectivity index (χ2v) is 5.06. The summed E-state index contributed by atoms with van der Waals surface area (Å²) in [6, 6.07) is 10.2. The van der Waals surface area contributed by atoms with Crippen molar-refractivity contribution < 1.29 is 4.52 Å². The highest BCUT2D eigenvalue weighted by Crippen LogP contribution is 2.32. The van der Waals surface area contributed by atoms with E-state index in [-0.39, 0.29) is 0 Å². The maximum Gasteiger partial charge on any atom is 0.170 e. The third kappa shape index (κ3) is 1.87. The number of nitrogen functional groups attached to an aromatic ring is 1. The van der Waals surface area contributed by atoms with E-state index in [9.17, 15) is 0 Å². The van der Waals surface area contributed by atoms with Crippen LogP contribution < -0.4 is 5.73 Å². The molecule has 96 valence electrons. The second kappa shape index (κ2) is 4.12. The molecule has 0 aliphatic carbocycles. The molecule has 0 spiro atoms. The number of nitrogens with zero attached hydrogens (tertiary/aromatic N) is 1. The van der Waals surface area contributed by atoms with Crippen LogP contribution in [0.5, 0.6) is 0 Å². The minimum absolute atomic E-state index is 0.776. The van der Waals surface area contributed by atoms with E-state index in [0.29, 0.717) is 0 Å². The van der Waals surface area contributed by atoms with Gasteiger partial charge in [-0.05, 0) is 49.6 Å². The molecule has 3 aromatic rings. The van der Waals surface area contributed by atoms with E-state index < -0.39 is 0 Å². The van der Waals surface area contributed by atoms with E-state index in [1.165, 1.54) is 5.56 Å². The maximum atomic E-state index is 5.97. The molecule has 2 aromatic carbocycles. The van der Waals surface area contributed by atoms with Gasteiger partial charge in [-0.3, -0.25) is 0 Å². The highest BCUT2D eigenvalue weighted by Gasteiger charge is 2.13. The summed E-state index contributed by atoms with van der Waals surface area (Å²) in [5, 5.41) is 5.25. The first-order chi connectivity index (χ1) is 9.06. The Bertz CT molecular complexity index is 772. The zero-order valence-electron chi connectivity index (χ0n) is 11.3. The van der Waals surface area contributed by atoms with E-state index in [4.69, 9.17) is 10.3 Å². The summed E-state index contributed by atoms with van der Waals surface area (Å²) in [4.78, 5) is 0. The summed E-state index contributed by atoms with van der Waals surface area (Å²) >= 11 is 0. The average Bonchev–Trinajstić information content (AvgIpc) is 2.76. The molecule has 0 fully saturated rings. The molecular weight excluding hydrogens is 236 g/mol. The predicted molar refractivity (Wildman–Crippen MR) is 78.1 cm³/mol. The maximum absolute atomic E-state index is 5.97. The van der Waals surface area contributed by atoms with Gasteiger partial charge in [0.25, 0.3) is 0 Å². The molecule has 3 rings (SSSR count). The minimum Gasteiger partial charge on any atom is -0.398 e. The summed E-state index contributed by atoms with van der Waals surface area (Å²) in [5.74, 6) is 0. The molecule has 0 unspecified atom stereocenters. The van der Waals surface area contributed by atoms with Crippen molar-refractivity contribution in [2.75, 3.05) is 5.73 Å². The standard InChI is InChI=1S/C16H16N2O/c1-9-6-11(3)16-13(7-9)15(18-19-16)12-5-4-10(2)14(17)8-12/h4-8H,17H2,1-3H3. The molecule has 3 nitrogen and oxygen atoms in total. The number of aromatic nitrogens is 1. The van der Waals surface area contributed by atoms with Gasteiger partial charge in [0.1, 0.15) is 5.69 Å². The Hall–Kier alpha value is -2.29. The number of rotatable bonds is 1. The normalized spacial score (nSPS) is 11.1. The van der Waals surface area contributed by atoms with Gasteiger partial charge < -0.3 is 10.3 Å². The summed E-state index contributed by atoms with van der Waals surface area (Å²) < 4.78 is 5.47. The lowest BCUT2D eigenvalue weighted by atomic mass is 10.0. The Kier molecular flexibility index (Phi) is 2.56. The second-order valence-electron chi connectivity index (χ2n) is 5.06. The van der Waals surface area contributed by atoms with Gasteiger partial charge in [0.2, 0.25) is 0 Å². The van der Waals surface area contributed by atoms with Gasteiger partial charge in [0, 0.05) is 11.3 Å². The fourth-order valence-corrected chi connectivity index (χ4v) is 2.39. The van der Waals surface area contributed by atoms with Gasteiger partial charge >= 0.3 is 0 Å². The molecule has 19 heavy (non-hydrogen) atoms. The summed E-state index contributed by atoms with van der Waals surface area (Å²) in [6.45, 7) is 6.11. The Morgan fingerprint density at radius 1 is 1.00 bits per heavy atom. The quantitative estimate of drug-likeness (QED) is 0.666. The molecule has 0 aliphatic heterocycles. The van der Waals surface area contributed by atoms with Crippen molar-refractivity contribution >= 4 is 16.7 Å². The van der Waals surface area contributed by atoms with Gasteiger partial charge in [-0.2, -0.15) is 0 Å². The Balaban J connectivity index is 2.28. The van der Waals surface area contributed by atoms with Crippen LogP contribution >= 0.6 is 0 Å². The van der Waals surface area contributed by atoms with Gasteiger partial charge in [-0.1, -0.05) is 23.4 Å². The third-order valence-electron chi connectivity index (χ3n) is 3.45. The van der Waals surface area contributed by atoms with Gasteiger partial charge in [-0.25, -0.2) is 0 Å². The van der Waals surface area contributed by atoms with Crippen LogP contribution in [0.2, 0.25) is 0 Å². The van der Waals surface area contributed by atoms with Crippen LogP contribution in [0.3, 0.4) is 0 Å². The number of hydrogen-bond donors (Lipinski definition) is 1. The van der Waals surface area contributed by atoms with Gasteiger partial charge in [-0.15, -0.1) is 0 Å². The fourth-order valence-electron chi connectivity index (χ4n) is 2.39. The third-order valence-corrected chi connectivity index (χ3v) is 3.45. The number of hydrogen-bond acceptors (Lipinski definition) is 3. The lowest BCUT2D eigenvalue weighted by Gasteiger charge is -2.03. The smallest absolute Gasteiger partial charge is 0.170 e. The van der Waals surface area contributed by atoms with E-state index in [0.717, 1.165) is 39.0 Å². The van der Waals surface area contributed by atoms with Crippen LogP contribution in [0.25, 0.3) is 22.2 Å². The van der Waals surface area contributed by atoms with Crippen molar-refractivity contribution in [1.82, 2.24) is 5.16 Å². The van der Waals surface area contributed by atoms with Crippen molar-refractivity contribution in [3.8, 4) is 11.3 Å². The van der Waals surface area contributed by atoms with E-state index in [1.807, 2.05) is 32.0 Å². The molecular formula is C16H16N2O. The minimum atomic E-state index is 0.776. The van der Waals surface area contributed by atoms with Gasteiger partial charge in [0.05, 0.1) is 5.39 Å². The average molecular weight is 252 g/mol. The summed E-state index contributed by atoms with van der Waals surface area (Å²) in [7, 11) is 0. The van der Waals surface area contributed by atoms with Gasteiger partial charge in [0.15, 0.2) is 5.58 Å². The van der Waals surface area contributed by atoms with Crippen molar-refractivity contribution in [2.45, 2.75) is 20.8 Å². The molecule has 1 heterocycles. The van der Waals surface area contributed by atoms with Crippen molar-refractivity contribution in [2.24, 2.45) is 0 Å². The van der Waals surface area contributed by atoms with Crippen molar-refractivity contribution in [1.29, 1.82) is 0 Å². The molecule has 0 radical (unpaired) electrons. The lowest BCUT2D eigenvalue weighted by molar-refractivity contribution is 0.458. The Morgan fingerprint density at radius 2 is 1.79 bits per heavy atom. The SMILES string of the molecule is Cc1cc(C)c2onc(-c3ccc(C)c(N)c3)c2c1. The molecule has 0 bridgehead atoms. The molecule has 0 atom stereocenters. The molecule has 2 N–H and O–H groups in total. The monoisotopic (exact) mass is 252 g/mol. The number of aryl methyl sites for hydroxylation is 3. The van der Waals surface area contributed by atoms with Crippen LogP contribution in [0.1, 0.15) is 16.7 Å². The summed E-state index contributed by atoms with van der Waals surface area (Å²) in [6.07, 6.45) is 0. The molecule has 0 aliphatic rings. The molecule has 1 aromatic heterocycles. The first kappa shape index (κ1) is 11.8. The fraction of sp³-hybridized carbons (Fsp3) is 0.188. The number of benzene rings is 2. The first-order valence-electron chi connectivity index (χ1n) is 6.29. The number of nitrogens with two attached hydrogens (primary N) is 1. The van der Waals surface area contributed by atoms with Crippen LogP contribution in [0, 0.1) is 20.8 Å². The molecule has 3 heteroatoms. The lowest BCUT2D eigenvalue weighted by Crippen LogP contribution is -1.90. The zero-order valence-corrected chi connectivity index (χ0v) is 11.3. The molecule has 0 saturated carbocycles. The highest BCUT2D eigenvalue weighted by molar-refractivity contribution is 5.94. The van der Waals surface area contributed by atoms with E-state index >= 15 is 0 Å². The Morgan fingerprint density at radius 3 is 2.53 bits per heavy atom. The molecule has 0 saturated heterocycles. The van der Waals surface area contributed by atoms with Crippen LogP contribution in [-0.2, 0) is 0 Å². The molecule has 0 amide bonds. The topological polar surface area (TPSA) is 52.0 Å². The van der Waals surface area contributed by atoms with Crippen molar-refractivity contribution in [3.05, 3.63) is 47.0 Å². The summed E-state index contributed by atoms with van der Waals surface area (Å²) in [5.41, 5.74) is 12.8. The van der Waals surface area contributed by atoms with E-state index in [1.54, 1.807) is 0 Å². The van der Waals surface area contributed by atoms with Crippen LogP contribution in [0.15, 0.2) is 34.9 Å². The number of fused-ring (bicyclic) bond motifs is 1. The zero-order chi connectivity index (χ0) is 13.6. The van der Waals surface area contributed by atoms with E-state index in [2.05, 4.69) is 24.2 Å². The van der Waals surface area contributed by atoms with Crippen LogP contribution in [-0.4, -0.2) is 5.16 Å². The highest BCUT2D eigenvalue weighted by atomic mass is 16.5. The largest absolute Gasteiger partial charge is 0.398 e. The predicted octanol–water partition coefficient (Wildman–Crippen LogP) is 4.00. The Labute approximate surface area is 112 Å². The number of anilines is 1.